The molecule has 0 radical (unpaired) electrons. The largest absolute Gasteiger partial charge is 0.481 e. The van der Waals surface area contributed by atoms with Crippen molar-refractivity contribution in [3.05, 3.63) is 0 Å². The third-order valence-electron chi connectivity index (χ3n) is 1.63. The van der Waals surface area contributed by atoms with Crippen LogP contribution in [0.4, 0.5) is 0 Å². The highest BCUT2D eigenvalue weighted by Crippen LogP contribution is 2.21. The van der Waals surface area contributed by atoms with E-state index in [0.717, 1.165) is 0 Å². The van der Waals surface area contributed by atoms with Gasteiger partial charge in [0.05, 0.1) is 5.41 Å². The molecule has 0 bridgehead atoms. The number of aliphatic carboxylic acids is 2. The second-order valence-electron chi connectivity index (χ2n) is 3.34. The smallest absolute Gasteiger partial charge is 0.320 e. The van der Waals surface area contributed by atoms with Gasteiger partial charge in [0.15, 0.2) is 0 Å². The van der Waals surface area contributed by atoms with Crippen molar-refractivity contribution in [3.8, 4) is 0 Å². The van der Waals surface area contributed by atoms with Crippen LogP contribution in [0.2, 0.25) is 0 Å². The Morgan fingerprint density at radius 2 is 1.83 bits per heavy atom. The Bertz CT molecular complexity index is 200. The van der Waals surface area contributed by atoms with E-state index < -0.39 is 23.4 Å². The molecule has 0 saturated carbocycles. The van der Waals surface area contributed by atoms with Gasteiger partial charge in [-0.1, -0.05) is 0 Å². The van der Waals surface area contributed by atoms with E-state index in [1.165, 1.54) is 13.8 Å². The molecule has 5 heteroatoms. The van der Waals surface area contributed by atoms with Gasteiger partial charge in [-0.05, 0) is 20.3 Å². The van der Waals surface area contributed by atoms with Crippen molar-refractivity contribution < 1.29 is 19.8 Å². The van der Waals surface area contributed by atoms with Crippen LogP contribution in [0.1, 0.15) is 20.3 Å². The number of carbonyl (C=O) groups is 2. The Labute approximate surface area is 70.2 Å². The lowest BCUT2D eigenvalue weighted by molar-refractivity contribution is -0.148. The monoisotopic (exact) mass is 175 g/mol. The fourth-order valence-electron chi connectivity index (χ4n) is 0.724. The highest BCUT2D eigenvalue weighted by molar-refractivity contribution is 5.77. The van der Waals surface area contributed by atoms with Gasteiger partial charge in [-0.3, -0.25) is 9.59 Å². The average molecular weight is 175 g/mol. The van der Waals surface area contributed by atoms with Gasteiger partial charge < -0.3 is 15.9 Å². The van der Waals surface area contributed by atoms with Crippen molar-refractivity contribution in [2.75, 3.05) is 0 Å². The Kier molecular flexibility index (Phi) is 3.21. The van der Waals surface area contributed by atoms with Gasteiger partial charge in [-0.25, -0.2) is 0 Å². The number of nitrogens with two attached hydrogens (primary N) is 1. The molecule has 5 nitrogen and oxygen atoms in total. The summed E-state index contributed by atoms with van der Waals surface area (Å²) in [6.07, 6.45) is -0.0718. The molecule has 0 aliphatic heterocycles. The van der Waals surface area contributed by atoms with Crippen LogP contribution in [0.25, 0.3) is 0 Å². The third kappa shape index (κ3) is 2.87. The van der Waals surface area contributed by atoms with Crippen molar-refractivity contribution >= 4 is 11.9 Å². The van der Waals surface area contributed by atoms with E-state index in [4.69, 9.17) is 15.9 Å². The zero-order valence-corrected chi connectivity index (χ0v) is 7.07. The standard InChI is InChI=1S/C7H13NO4/c1-7(2,6(11)12)3-4(8)5(9)10/h4H,3,8H2,1-2H3,(H,9,10)(H,11,12)/t4-/m1/s1. The molecule has 0 aromatic carbocycles. The van der Waals surface area contributed by atoms with Crippen LogP contribution < -0.4 is 5.73 Å². The lowest BCUT2D eigenvalue weighted by Gasteiger charge is -2.20. The number of hydrogen-bond donors (Lipinski definition) is 3. The van der Waals surface area contributed by atoms with E-state index in [9.17, 15) is 9.59 Å². The molecule has 0 spiro atoms. The SMILES string of the molecule is CC(C)(C[C@@H](N)C(=O)O)C(=O)O. The molecule has 0 aromatic rings. The fourth-order valence-corrected chi connectivity index (χ4v) is 0.724. The summed E-state index contributed by atoms with van der Waals surface area (Å²) in [5, 5.41) is 17.0. The number of hydrogen-bond acceptors (Lipinski definition) is 3. The van der Waals surface area contributed by atoms with E-state index >= 15 is 0 Å². The van der Waals surface area contributed by atoms with Gasteiger partial charge in [-0.2, -0.15) is 0 Å². The van der Waals surface area contributed by atoms with Crippen molar-refractivity contribution in [3.63, 3.8) is 0 Å². The first-order valence-electron chi connectivity index (χ1n) is 3.49. The van der Waals surface area contributed by atoms with Crippen LogP contribution in [0, 0.1) is 5.41 Å². The summed E-state index contributed by atoms with van der Waals surface area (Å²) in [5.74, 6) is -2.22. The number of carboxylic acid groups (broad SMARTS) is 2. The average Bonchev–Trinajstić information content (AvgIpc) is 1.85. The van der Waals surface area contributed by atoms with Crippen molar-refractivity contribution in [2.24, 2.45) is 11.1 Å². The molecule has 0 heterocycles. The summed E-state index contributed by atoms with van der Waals surface area (Å²) in [4.78, 5) is 20.8. The molecule has 0 unspecified atom stereocenters. The summed E-state index contributed by atoms with van der Waals surface area (Å²) in [6, 6.07) is -1.11. The molecule has 0 fully saturated rings. The summed E-state index contributed by atoms with van der Waals surface area (Å²) < 4.78 is 0. The van der Waals surface area contributed by atoms with Crippen LogP contribution in [0.15, 0.2) is 0 Å². The first kappa shape index (κ1) is 10.9. The quantitative estimate of drug-likeness (QED) is 0.553. The molecular formula is C7H13NO4. The molecule has 0 rings (SSSR count). The van der Waals surface area contributed by atoms with Crippen molar-refractivity contribution in [1.29, 1.82) is 0 Å². The Balaban J connectivity index is 4.24. The normalized spacial score (nSPS) is 13.9. The maximum Gasteiger partial charge on any atom is 0.320 e. The number of carboxylic acids is 2. The molecule has 0 aliphatic carbocycles. The van der Waals surface area contributed by atoms with Crippen LogP contribution in [-0.4, -0.2) is 28.2 Å². The zero-order valence-electron chi connectivity index (χ0n) is 7.07. The maximum absolute atomic E-state index is 10.5. The Morgan fingerprint density at radius 3 is 2.08 bits per heavy atom. The van der Waals surface area contributed by atoms with E-state index in [0.29, 0.717) is 0 Å². The van der Waals surface area contributed by atoms with Gasteiger partial charge in [-0.15, -0.1) is 0 Å². The Morgan fingerprint density at radius 1 is 1.42 bits per heavy atom. The Hall–Kier alpha value is -1.10. The fraction of sp³-hybridized carbons (Fsp3) is 0.714. The zero-order chi connectivity index (χ0) is 9.94. The van der Waals surface area contributed by atoms with Crippen molar-refractivity contribution in [1.82, 2.24) is 0 Å². The van der Waals surface area contributed by atoms with Crippen LogP contribution in [0.5, 0.6) is 0 Å². The van der Waals surface area contributed by atoms with Crippen molar-refractivity contribution in [2.45, 2.75) is 26.3 Å². The highest BCUT2D eigenvalue weighted by Gasteiger charge is 2.31. The first-order chi connectivity index (χ1) is 5.27. The molecule has 70 valence electrons. The molecule has 1 atom stereocenters. The predicted octanol–water partition coefficient (Wildman–Crippen LogP) is -0.101. The minimum Gasteiger partial charge on any atom is -0.481 e. The maximum atomic E-state index is 10.5. The lowest BCUT2D eigenvalue weighted by atomic mass is 9.86. The van der Waals surface area contributed by atoms with E-state index in [1.807, 2.05) is 0 Å². The van der Waals surface area contributed by atoms with Gasteiger partial charge in [0.1, 0.15) is 6.04 Å². The highest BCUT2D eigenvalue weighted by atomic mass is 16.4. The molecule has 0 aromatic heterocycles. The van der Waals surface area contributed by atoms with Crippen LogP contribution >= 0.6 is 0 Å². The molecule has 0 amide bonds. The second kappa shape index (κ2) is 3.53. The topological polar surface area (TPSA) is 101 Å². The van der Waals surface area contributed by atoms with Crippen LogP contribution in [0.3, 0.4) is 0 Å². The summed E-state index contributed by atoms with van der Waals surface area (Å²) in [5.41, 5.74) is 4.09. The molecule has 12 heavy (non-hydrogen) atoms. The minimum absolute atomic E-state index is 0.0718. The molecular weight excluding hydrogens is 162 g/mol. The molecule has 0 saturated heterocycles. The molecule has 4 N–H and O–H groups in total. The second-order valence-corrected chi connectivity index (χ2v) is 3.34. The van der Waals surface area contributed by atoms with Gasteiger partial charge >= 0.3 is 11.9 Å². The van der Waals surface area contributed by atoms with E-state index in [-0.39, 0.29) is 6.42 Å². The number of rotatable bonds is 4. The summed E-state index contributed by atoms with van der Waals surface area (Å²) in [6.45, 7) is 2.89. The van der Waals surface area contributed by atoms with E-state index in [2.05, 4.69) is 0 Å². The third-order valence-corrected chi connectivity index (χ3v) is 1.63. The van der Waals surface area contributed by atoms with Gasteiger partial charge in [0.25, 0.3) is 0 Å². The molecule has 0 aliphatic rings. The van der Waals surface area contributed by atoms with Crippen LogP contribution in [-0.2, 0) is 9.59 Å². The summed E-state index contributed by atoms with van der Waals surface area (Å²) in [7, 11) is 0. The minimum atomic E-state index is -1.18. The first-order valence-corrected chi connectivity index (χ1v) is 3.49. The summed E-state index contributed by atoms with van der Waals surface area (Å²) >= 11 is 0. The predicted molar refractivity (Wildman–Crippen MR) is 41.6 cm³/mol. The lowest BCUT2D eigenvalue weighted by Crippen LogP contribution is -2.38. The van der Waals surface area contributed by atoms with Gasteiger partial charge in [0.2, 0.25) is 0 Å². The van der Waals surface area contributed by atoms with Gasteiger partial charge in [0, 0.05) is 0 Å². The van der Waals surface area contributed by atoms with E-state index in [1.54, 1.807) is 0 Å².